The fourth-order valence-electron chi connectivity index (χ4n) is 1.01. The lowest BCUT2D eigenvalue weighted by atomic mass is 10.1. The van der Waals surface area contributed by atoms with Crippen molar-refractivity contribution >= 4 is 5.91 Å². The summed E-state index contributed by atoms with van der Waals surface area (Å²) in [5, 5.41) is 6.04. The molecule has 2 N–H and O–H groups in total. The third-order valence-electron chi connectivity index (χ3n) is 1.88. The highest BCUT2D eigenvalue weighted by molar-refractivity contribution is 5.78. The van der Waals surface area contributed by atoms with Crippen molar-refractivity contribution in [2.45, 2.75) is 52.5 Å². The molecule has 3 nitrogen and oxygen atoms in total. The van der Waals surface area contributed by atoms with Gasteiger partial charge in [-0.05, 0) is 27.2 Å². The van der Waals surface area contributed by atoms with E-state index in [9.17, 15) is 4.79 Å². The summed E-state index contributed by atoms with van der Waals surface area (Å²) in [4.78, 5) is 11.3. The van der Waals surface area contributed by atoms with E-state index in [1.165, 1.54) is 12.8 Å². The molecule has 0 saturated carbocycles. The molecular weight excluding hydrogens is 176 g/mol. The minimum Gasteiger partial charge on any atom is -0.355 e. The number of hydrogen-bond donors (Lipinski definition) is 2. The maximum absolute atomic E-state index is 11.3. The first-order valence-electron chi connectivity index (χ1n) is 5.47. The summed E-state index contributed by atoms with van der Waals surface area (Å²) in [6, 6.07) is 0. The summed E-state index contributed by atoms with van der Waals surface area (Å²) < 4.78 is 0. The van der Waals surface area contributed by atoms with Crippen LogP contribution in [-0.4, -0.2) is 24.5 Å². The Morgan fingerprint density at radius 3 is 2.36 bits per heavy atom. The lowest BCUT2D eigenvalue weighted by Crippen LogP contribution is -2.43. The van der Waals surface area contributed by atoms with Crippen LogP contribution in [0.5, 0.6) is 0 Å². The first-order chi connectivity index (χ1) is 6.45. The number of rotatable bonds is 6. The third kappa shape index (κ3) is 9.52. The van der Waals surface area contributed by atoms with Gasteiger partial charge in [0.25, 0.3) is 0 Å². The van der Waals surface area contributed by atoms with Gasteiger partial charge in [0.2, 0.25) is 5.91 Å². The van der Waals surface area contributed by atoms with Crippen LogP contribution in [-0.2, 0) is 4.79 Å². The van der Waals surface area contributed by atoms with Crippen LogP contribution in [0, 0.1) is 0 Å². The standard InChI is InChI=1S/C11H24N2O/c1-5-6-7-8-12-10(14)9-13-11(2,3)4/h13H,5-9H2,1-4H3,(H,12,14). The monoisotopic (exact) mass is 200 g/mol. The molecule has 0 aromatic carbocycles. The van der Waals surface area contributed by atoms with Crippen LogP contribution >= 0.6 is 0 Å². The molecule has 0 aliphatic carbocycles. The molecule has 0 saturated heterocycles. The van der Waals surface area contributed by atoms with Gasteiger partial charge in [0.1, 0.15) is 0 Å². The van der Waals surface area contributed by atoms with Gasteiger partial charge in [-0.1, -0.05) is 19.8 Å². The SMILES string of the molecule is CCCCCNC(=O)CNC(C)(C)C. The Bertz CT molecular complexity index is 161. The predicted molar refractivity (Wildman–Crippen MR) is 60.3 cm³/mol. The second-order valence-electron chi connectivity index (χ2n) is 4.66. The largest absolute Gasteiger partial charge is 0.355 e. The van der Waals surface area contributed by atoms with Crippen molar-refractivity contribution < 1.29 is 4.79 Å². The first-order valence-corrected chi connectivity index (χ1v) is 5.47. The molecule has 0 atom stereocenters. The molecule has 14 heavy (non-hydrogen) atoms. The Hall–Kier alpha value is -0.570. The second kappa shape index (κ2) is 6.82. The molecule has 84 valence electrons. The average Bonchev–Trinajstić information content (AvgIpc) is 2.08. The Kier molecular flexibility index (Phi) is 6.54. The predicted octanol–water partition coefficient (Wildman–Crippen LogP) is 1.68. The highest BCUT2D eigenvalue weighted by atomic mass is 16.1. The van der Waals surface area contributed by atoms with Crippen molar-refractivity contribution in [3.63, 3.8) is 0 Å². The highest BCUT2D eigenvalue weighted by Gasteiger charge is 2.10. The van der Waals surface area contributed by atoms with Crippen LogP contribution in [0.1, 0.15) is 47.0 Å². The number of unbranched alkanes of at least 4 members (excludes halogenated alkanes) is 2. The fraction of sp³-hybridized carbons (Fsp3) is 0.909. The van der Waals surface area contributed by atoms with Crippen LogP contribution < -0.4 is 10.6 Å². The first kappa shape index (κ1) is 13.4. The lowest BCUT2D eigenvalue weighted by molar-refractivity contribution is -0.120. The Morgan fingerprint density at radius 2 is 1.86 bits per heavy atom. The lowest BCUT2D eigenvalue weighted by Gasteiger charge is -2.19. The van der Waals surface area contributed by atoms with E-state index in [0.717, 1.165) is 13.0 Å². The number of nitrogens with one attached hydrogen (secondary N) is 2. The van der Waals surface area contributed by atoms with E-state index in [2.05, 4.69) is 38.3 Å². The normalized spacial score (nSPS) is 11.4. The van der Waals surface area contributed by atoms with E-state index in [1.54, 1.807) is 0 Å². The van der Waals surface area contributed by atoms with Crippen LogP contribution in [0.25, 0.3) is 0 Å². The molecule has 0 heterocycles. The quantitative estimate of drug-likeness (QED) is 0.641. The Labute approximate surface area is 87.6 Å². The van der Waals surface area contributed by atoms with E-state index in [1.807, 2.05) is 0 Å². The molecule has 0 fully saturated rings. The summed E-state index contributed by atoms with van der Waals surface area (Å²) in [7, 11) is 0. The molecule has 0 aliphatic rings. The van der Waals surface area contributed by atoms with Crippen LogP contribution in [0.3, 0.4) is 0 Å². The van der Waals surface area contributed by atoms with Crippen LogP contribution in [0.15, 0.2) is 0 Å². The molecule has 0 aromatic rings. The minimum atomic E-state index is 0.0146. The Morgan fingerprint density at radius 1 is 1.21 bits per heavy atom. The van der Waals surface area contributed by atoms with Gasteiger partial charge in [-0.2, -0.15) is 0 Å². The van der Waals surface area contributed by atoms with Crippen LogP contribution in [0.4, 0.5) is 0 Å². The van der Waals surface area contributed by atoms with Crippen molar-refractivity contribution in [2.24, 2.45) is 0 Å². The zero-order valence-electron chi connectivity index (χ0n) is 9.94. The smallest absolute Gasteiger partial charge is 0.233 e. The molecule has 0 aromatic heterocycles. The van der Waals surface area contributed by atoms with Gasteiger partial charge in [0.15, 0.2) is 0 Å². The summed E-state index contributed by atoms with van der Waals surface area (Å²) in [5.41, 5.74) is 0.0146. The van der Waals surface area contributed by atoms with Gasteiger partial charge < -0.3 is 10.6 Å². The van der Waals surface area contributed by atoms with Gasteiger partial charge in [0.05, 0.1) is 6.54 Å². The van der Waals surface area contributed by atoms with Gasteiger partial charge in [-0.3, -0.25) is 4.79 Å². The maximum Gasteiger partial charge on any atom is 0.233 e. The molecule has 0 unspecified atom stereocenters. The molecule has 0 rings (SSSR count). The molecule has 0 radical (unpaired) electrons. The average molecular weight is 200 g/mol. The van der Waals surface area contributed by atoms with Crippen molar-refractivity contribution in [3.8, 4) is 0 Å². The highest BCUT2D eigenvalue weighted by Crippen LogP contribution is 1.96. The van der Waals surface area contributed by atoms with Crippen molar-refractivity contribution in [1.29, 1.82) is 0 Å². The van der Waals surface area contributed by atoms with Gasteiger partial charge >= 0.3 is 0 Å². The Balaban J connectivity index is 3.38. The van der Waals surface area contributed by atoms with E-state index < -0.39 is 0 Å². The van der Waals surface area contributed by atoms with Gasteiger partial charge in [-0.15, -0.1) is 0 Å². The molecule has 1 amide bonds. The number of carbonyl (C=O) groups is 1. The summed E-state index contributed by atoms with van der Waals surface area (Å²) >= 11 is 0. The van der Waals surface area contributed by atoms with Gasteiger partial charge in [0, 0.05) is 12.1 Å². The number of amides is 1. The van der Waals surface area contributed by atoms with Crippen molar-refractivity contribution in [1.82, 2.24) is 10.6 Å². The minimum absolute atomic E-state index is 0.0146. The second-order valence-corrected chi connectivity index (χ2v) is 4.66. The third-order valence-corrected chi connectivity index (χ3v) is 1.88. The van der Waals surface area contributed by atoms with Crippen molar-refractivity contribution in [3.05, 3.63) is 0 Å². The molecule has 0 bridgehead atoms. The topological polar surface area (TPSA) is 41.1 Å². The van der Waals surface area contributed by atoms with Gasteiger partial charge in [-0.25, -0.2) is 0 Å². The molecule has 0 aliphatic heterocycles. The molecule has 0 spiro atoms. The molecule has 3 heteroatoms. The zero-order chi connectivity index (χ0) is 11.0. The van der Waals surface area contributed by atoms with Crippen molar-refractivity contribution in [2.75, 3.05) is 13.1 Å². The summed E-state index contributed by atoms with van der Waals surface area (Å²) in [6.07, 6.45) is 3.46. The van der Waals surface area contributed by atoms with E-state index in [4.69, 9.17) is 0 Å². The van der Waals surface area contributed by atoms with E-state index in [0.29, 0.717) is 6.54 Å². The van der Waals surface area contributed by atoms with E-state index >= 15 is 0 Å². The maximum atomic E-state index is 11.3. The number of hydrogen-bond acceptors (Lipinski definition) is 2. The summed E-state index contributed by atoms with van der Waals surface area (Å²) in [5.74, 6) is 0.0935. The van der Waals surface area contributed by atoms with Crippen LogP contribution in [0.2, 0.25) is 0 Å². The van der Waals surface area contributed by atoms with E-state index in [-0.39, 0.29) is 11.4 Å². The number of carbonyl (C=O) groups excluding carboxylic acids is 1. The fourth-order valence-corrected chi connectivity index (χ4v) is 1.01. The zero-order valence-corrected chi connectivity index (χ0v) is 9.94. The summed E-state index contributed by atoms with van der Waals surface area (Å²) in [6.45, 7) is 9.53. The molecular formula is C11H24N2O.